The van der Waals surface area contributed by atoms with E-state index in [9.17, 15) is 4.39 Å². The lowest BCUT2D eigenvalue weighted by molar-refractivity contribution is 0.0543. The van der Waals surface area contributed by atoms with Gasteiger partial charge in [-0.15, -0.1) is 0 Å². The molecule has 0 atom stereocenters. The Balaban J connectivity index is 2.37. The number of rotatable bonds is 10. The molecule has 1 N–H and O–H groups in total. The quantitative estimate of drug-likeness (QED) is 0.670. The molecule has 0 saturated heterocycles. The van der Waals surface area contributed by atoms with Gasteiger partial charge in [0, 0.05) is 25.8 Å². The summed E-state index contributed by atoms with van der Waals surface area (Å²) in [6, 6.07) is 5.09. The van der Waals surface area contributed by atoms with Crippen LogP contribution >= 0.6 is 0 Å². The van der Waals surface area contributed by atoms with E-state index >= 15 is 0 Å². The molecule has 5 heteroatoms. The van der Waals surface area contributed by atoms with Crippen molar-refractivity contribution in [2.24, 2.45) is 0 Å². The van der Waals surface area contributed by atoms with Gasteiger partial charge in [-0.3, -0.25) is 0 Å². The van der Waals surface area contributed by atoms with Gasteiger partial charge < -0.3 is 19.5 Å². The standard InChI is InChI=1S/C15H24FNO3/c1-12(2)17-11-13-8-14(16)10-15(9-13)20-7-6-19-5-4-18-3/h8-10,12,17H,4-7,11H2,1-3H3. The largest absolute Gasteiger partial charge is 0.491 e. The van der Waals surface area contributed by atoms with Crippen LogP contribution in [-0.2, 0) is 16.0 Å². The zero-order valence-corrected chi connectivity index (χ0v) is 12.4. The Morgan fingerprint density at radius 1 is 1.10 bits per heavy atom. The van der Waals surface area contributed by atoms with Gasteiger partial charge in [0.05, 0.1) is 19.8 Å². The Kier molecular flexibility index (Phi) is 8.18. The molecule has 1 aromatic carbocycles. The summed E-state index contributed by atoms with van der Waals surface area (Å²) in [5.74, 6) is 0.240. The summed E-state index contributed by atoms with van der Waals surface area (Å²) in [5, 5.41) is 3.25. The molecule has 0 heterocycles. The minimum Gasteiger partial charge on any atom is -0.491 e. The van der Waals surface area contributed by atoms with Crippen molar-refractivity contribution in [2.45, 2.75) is 26.4 Å². The molecule has 0 fully saturated rings. The van der Waals surface area contributed by atoms with Crippen LogP contribution in [0.4, 0.5) is 4.39 Å². The van der Waals surface area contributed by atoms with E-state index in [4.69, 9.17) is 14.2 Å². The van der Waals surface area contributed by atoms with Crippen LogP contribution < -0.4 is 10.1 Å². The van der Waals surface area contributed by atoms with E-state index in [0.29, 0.717) is 44.8 Å². The fourth-order valence-electron chi connectivity index (χ4n) is 1.59. The minimum atomic E-state index is -0.289. The molecule has 0 radical (unpaired) electrons. The molecule has 0 aliphatic carbocycles. The zero-order valence-electron chi connectivity index (χ0n) is 12.4. The molecule has 0 bridgehead atoms. The van der Waals surface area contributed by atoms with Gasteiger partial charge in [0.1, 0.15) is 18.2 Å². The number of nitrogens with one attached hydrogen (secondary N) is 1. The Labute approximate surface area is 120 Å². The second-order valence-corrected chi connectivity index (χ2v) is 4.78. The summed E-state index contributed by atoms with van der Waals surface area (Å²) in [4.78, 5) is 0. The molecule has 20 heavy (non-hydrogen) atoms. The highest BCUT2D eigenvalue weighted by atomic mass is 19.1. The number of benzene rings is 1. The lowest BCUT2D eigenvalue weighted by Crippen LogP contribution is -2.21. The first-order valence-electron chi connectivity index (χ1n) is 6.84. The van der Waals surface area contributed by atoms with E-state index in [2.05, 4.69) is 5.32 Å². The molecule has 0 unspecified atom stereocenters. The summed E-state index contributed by atoms with van der Waals surface area (Å²) >= 11 is 0. The highest BCUT2D eigenvalue weighted by Crippen LogP contribution is 2.16. The summed E-state index contributed by atoms with van der Waals surface area (Å²) in [6.45, 7) is 6.67. The molecular weight excluding hydrogens is 261 g/mol. The molecule has 0 spiro atoms. The maximum atomic E-state index is 13.5. The van der Waals surface area contributed by atoms with Crippen LogP contribution in [0, 0.1) is 5.82 Å². The van der Waals surface area contributed by atoms with Crippen molar-refractivity contribution in [2.75, 3.05) is 33.5 Å². The van der Waals surface area contributed by atoms with Crippen molar-refractivity contribution in [3.8, 4) is 5.75 Å². The minimum absolute atomic E-state index is 0.289. The predicted octanol–water partition coefficient (Wildman–Crippen LogP) is 2.37. The Morgan fingerprint density at radius 2 is 1.85 bits per heavy atom. The van der Waals surface area contributed by atoms with Crippen molar-refractivity contribution < 1.29 is 18.6 Å². The first-order chi connectivity index (χ1) is 9.61. The first-order valence-corrected chi connectivity index (χ1v) is 6.84. The molecule has 1 rings (SSSR count). The number of halogens is 1. The normalized spacial score (nSPS) is 11.1. The van der Waals surface area contributed by atoms with E-state index in [-0.39, 0.29) is 5.82 Å². The molecule has 4 nitrogen and oxygen atoms in total. The van der Waals surface area contributed by atoms with Gasteiger partial charge in [-0.25, -0.2) is 4.39 Å². The number of hydrogen-bond acceptors (Lipinski definition) is 4. The van der Waals surface area contributed by atoms with Crippen molar-refractivity contribution in [1.29, 1.82) is 0 Å². The van der Waals surface area contributed by atoms with Crippen LogP contribution in [0.15, 0.2) is 18.2 Å². The van der Waals surface area contributed by atoms with Crippen LogP contribution in [0.1, 0.15) is 19.4 Å². The van der Waals surface area contributed by atoms with Gasteiger partial charge in [-0.05, 0) is 17.7 Å². The highest BCUT2D eigenvalue weighted by molar-refractivity contribution is 5.29. The van der Waals surface area contributed by atoms with Crippen molar-refractivity contribution in [1.82, 2.24) is 5.32 Å². The second kappa shape index (κ2) is 9.69. The fraction of sp³-hybridized carbons (Fsp3) is 0.600. The Morgan fingerprint density at radius 3 is 2.55 bits per heavy atom. The van der Waals surface area contributed by atoms with Crippen LogP contribution in [0.25, 0.3) is 0 Å². The predicted molar refractivity (Wildman–Crippen MR) is 76.6 cm³/mol. The van der Waals surface area contributed by atoms with Gasteiger partial charge in [-0.1, -0.05) is 13.8 Å². The van der Waals surface area contributed by atoms with Gasteiger partial charge in [0.2, 0.25) is 0 Å². The monoisotopic (exact) mass is 285 g/mol. The topological polar surface area (TPSA) is 39.7 Å². The third kappa shape index (κ3) is 7.43. The summed E-state index contributed by atoms with van der Waals surface area (Å²) in [7, 11) is 1.62. The number of methoxy groups -OCH3 is 1. The van der Waals surface area contributed by atoms with Gasteiger partial charge in [0.25, 0.3) is 0 Å². The SMILES string of the molecule is COCCOCCOc1cc(F)cc(CNC(C)C)c1. The average Bonchev–Trinajstić information content (AvgIpc) is 2.40. The maximum Gasteiger partial charge on any atom is 0.127 e. The van der Waals surface area contributed by atoms with Crippen molar-refractivity contribution >= 4 is 0 Å². The molecule has 0 saturated carbocycles. The Hall–Kier alpha value is -1.17. The van der Waals surface area contributed by atoms with E-state index in [1.165, 1.54) is 12.1 Å². The molecule has 0 aromatic heterocycles. The smallest absolute Gasteiger partial charge is 0.127 e. The zero-order chi connectivity index (χ0) is 14.8. The maximum absolute atomic E-state index is 13.5. The third-order valence-electron chi connectivity index (χ3n) is 2.57. The number of ether oxygens (including phenoxy) is 3. The third-order valence-corrected chi connectivity index (χ3v) is 2.57. The van der Waals surface area contributed by atoms with Crippen molar-refractivity contribution in [3.05, 3.63) is 29.6 Å². The van der Waals surface area contributed by atoms with Gasteiger partial charge >= 0.3 is 0 Å². The molecular formula is C15H24FNO3. The lowest BCUT2D eigenvalue weighted by atomic mass is 10.2. The van der Waals surface area contributed by atoms with E-state index < -0.39 is 0 Å². The van der Waals surface area contributed by atoms with Crippen LogP contribution in [-0.4, -0.2) is 39.6 Å². The van der Waals surface area contributed by atoms with Crippen molar-refractivity contribution in [3.63, 3.8) is 0 Å². The Bertz CT molecular complexity index is 385. The summed E-state index contributed by atoms with van der Waals surface area (Å²) in [6.07, 6.45) is 0. The molecule has 1 aromatic rings. The summed E-state index contributed by atoms with van der Waals surface area (Å²) < 4.78 is 29.1. The lowest BCUT2D eigenvalue weighted by Gasteiger charge is -2.11. The fourth-order valence-corrected chi connectivity index (χ4v) is 1.59. The first kappa shape index (κ1) is 16.9. The molecule has 0 aliphatic rings. The highest BCUT2D eigenvalue weighted by Gasteiger charge is 2.03. The van der Waals surface area contributed by atoms with E-state index in [0.717, 1.165) is 5.56 Å². The summed E-state index contributed by atoms with van der Waals surface area (Å²) in [5.41, 5.74) is 0.869. The number of hydrogen-bond donors (Lipinski definition) is 1. The van der Waals surface area contributed by atoms with Crippen LogP contribution in [0.3, 0.4) is 0 Å². The molecule has 0 amide bonds. The molecule has 0 aliphatic heterocycles. The van der Waals surface area contributed by atoms with Gasteiger partial charge in [0.15, 0.2) is 0 Å². The van der Waals surface area contributed by atoms with Crippen LogP contribution in [0.5, 0.6) is 5.75 Å². The second-order valence-electron chi connectivity index (χ2n) is 4.78. The molecule has 114 valence electrons. The van der Waals surface area contributed by atoms with Crippen LogP contribution in [0.2, 0.25) is 0 Å². The van der Waals surface area contributed by atoms with Gasteiger partial charge in [-0.2, -0.15) is 0 Å². The van der Waals surface area contributed by atoms with E-state index in [1.54, 1.807) is 7.11 Å². The average molecular weight is 285 g/mol. The van der Waals surface area contributed by atoms with E-state index in [1.807, 2.05) is 19.9 Å².